The highest BCUT2D eigenvalue weighted by molar-refractivity contribution is 6.74. The van der Waals surface area contributed by atoms with Gasteiger partial charge in [0.25, 0.3) is 0 Å². The third-order valence-corrected chi connectivity index (χ3v) is 9.88. The Balaban J connectivity index is 2.87. The van der Waals surface area contributed by atoms with E-state index in [0.717, 1.165) is 25.7 Å². The first-order valence-electron chi connectivity index (χ1n) is 9.44. The molecule has 0 aliphatic carbocycles. The maximum atomic E-state index is 12.8. The zero-order valence-electron chi connectivity index (χ0n) is 17.4. The molecule has 0 unspecified atom stereocenters. The zero-order valence-corrected chi connectivity index (χ0v) is 18.4. The average molecular weight is 358 g/mol. The molecule has 0 radical (unpaired) electrons. The summed E-state index contributed by atoms with van der Waals surface area (Å²) < 4.78 is 12.1. The number of piperidine rings is 1. The Morgan fingerprint density at radius 3 is 2.08 bits per heavy atom. The predicted molar refractivity (Wildman–Crippen MR) is 103 cm³/mol. The Kier molecular flexibility index (Phi) is 6.96. The molecule has 142 valence electrons. The van der Waals surface area contributed by atoms with Crippen molar-refractivity contribution in [3.05, 3.63) is 0 Å². The molecule has 1 rings (SSSR count). The number of nitrogens with zero attached hydrogens (tertiary/aromatic N) is 1. The van der Waals surface area contributed by atoms with Gasteiger partial charge in [0.05, 0.1) is 12.6 Å². The summed E-state index contributed by atoms with van der Waals surface area (Å²) in [6, 6.07) is 0.397. The van der Waals surface area contributed by atoms with Crippen LogP contribution in [0.15, 0.2) is 0 Å². The molecule has 24 heavy (non-hydrogen) atoms. The van der Waals surface area contributed by atoms with Gasteiger partial charge in [-0.1, -0.05) is 27.7 Å². The maximum absolute atomic E-state index is 12.8. The van der Waals surface area contributed by atoms with Crippen LogP contribution in [0.25, 0.3) is 0 Å². The van der Waals surface area contributed by atoms with Crippen molar-refractivity contribution >= 4 is 14.4 Å². The molecule has 0 spiro atoms. The molecule has 0 saturated carbocycles. The van der Waals surface area contributed by atoms with E-state index in [1.54, 1.807) is 0 Å². The van der Waals surface area contributed by atoms with Gasteiger partial charge in [0.15, 0.2) is 8.32 Å². The Hall–Kier alpha value is -0.553. The number of carbonyl (C=O) groups is 1. The minimum atomic E-state index is -1.81. The van der Waals surface area contributed by atoms with Gasteiger partial charge >= 0.3 is 6.09 Å². The third-order valence-electron chi connectivity index (χ3n) is 5.38. The molecule has 2 atom stereocenters. The topological polar surface area (TPSA) is 38.8 Å². The van der Waals surface area contributed by atoms with Crippen molar-refractivity contribution in [1.82, 2.24) is 4.90 Å². The summed E-state index contributed by atoms with van der Waals surface area (Å²) in [5.41, 5.74) is -0.461. The van der Waals surface area contributed by atoms with Crippen LogP contribution in [0.3, 0.4) is 0 Å². The van der Waals surface area contributed by atoms with Crippen LogP contribution >= 0.6 is 0 Å². The first-order valence-corrected chi connectivity index (χ1v) is 12.3. The summed E-state index contributed by atoms with van der Waals surface area (Å²) in [7, 11) is -1.81. The molecule has 0 N–H and O–H groups in total. The zero-order chi connectivity index (χ0) is 18.8. The van der Waals surface area contributed by atoms with Crippen LogP contribution in [0.4, 0.5) is 4.79 Å². The number of ether oxygens (including phenoxy) is 1. The van der Waals surface area contributed by atoms with Crippen molar-refractivity contribution in [2.24, 2.45) is 0 Å². The van der Waals surface area contributed by atoms with E-state index in [2.05, 4.69) is 40.8 Å². The lowest BCUT2D eigenvalue weighted by atomic mass is 9.95. The predicted octanol–water partition coefficient (Wildman–Crippen LogP) is 5.58. The van der Waals surface area contributed by atoms with E-state index in [-0.39, 0.29) is 23.2 Å². The van der Waals surface area contributed by atoms with E-state index >= 15 is 0 Å². The Morgan fingerprint density at radius 2 is 1.62 bits per heavy atom. The van der Waals surface area contributed by atoms with Gasteiger partial charge in [-0.05, 0) is 64.6 Å². The lowest BCUT2D eigenvalue weighted by molar-refractivity contribution is -0.0145. The van der Waals surface area contributed by atoms with Crippen molar-refractivity contribution in [2.45, 2.75) is 110 Å². The highest BCUT2D eigenvalue weighted by Gasteiger charge is 2.40. The van der Waals surface area contributed by atoms with Crippen LogP contribution in [-0.2, 0) is 9.16 Å². The molecule has 4 nitrogen and oxygen atoms in total. The smallest absolute Gasteiger partial charge is 0.410 e. The Labute approximate surface area is 150 Å². The lowest BCUT2D eigenvalue weighted by Gasteiger charge is -2.44. The Morgan fingerprint density at radius 1 is 1.08 bits per heavy atom. The number of amides is 1. The second kappa shape index (κ2) is 7.77. The minimum absolute atomic E-state index is 0.132. The molecule has 0 bridgehead atoms. The van der Waals surface area contributed by atoms with Gasteiger partial charge in [-0.3, -0.25) is 4.90 Å². The summed E-state index contributed by atoms with van der Waals surface area (Å²) >= 11 is 0. The van der Waals surface area contributed by atoms with Crippen molar-refractivity contribution < 1.29 is 14.0 Å². The molecule has 1 amide bonds. The summed E-state index contributed by atoms with van der Waals surface area (Å²) in [6.07, 6.45) is 4.01. The maximum Gasteiger partial charge on any atom is 0.410 e. The summed E-state index contributed by atoms with van der Waals surface area (Å²) in [6.45, 7) is 19.9. The van der Waals surface area contributed by atoms with Crippen molar-refractivity contribution in [3.63, 3.8) is 0 Å². The lowest BCUT2D eigenvalue weighted by Crippen LogP contribution is -2.54. The first kappa shape index (κ1) is 21.5. The van der Waals surface area contributed by atoms with E-state index < -0.39 is 13.9 Å². The fraction of sp³-hybridized carbons (Fsp3) is 0.947. The average Bonchev–Trinajstić information content (AvgIpc) is 2.41. The standard InChI is InChI=1S/C19H39NO3Si/c1-10-15-12-11-13-16(14-22-24(8,9)19(5,6)7)20(15)17(21)23-18(2,3)4/h15-16H,10-14H2,1-9H3/t15-,16-/m1/s1. The molecular weight excluding hydrogens is 318 g/mol. The van der Waals surface area contributed by atoms with Gasteiger partial charge < -0.3 is 9.16 Å². The fourth-order valence-corrected chi connectivity index (χ4v) is 3.91. The van der Waals surface area contributed by atoms with Gasteiger partial charge in [-0.25, -0.2) is 4.79 Å². The SMILES string of the molecule is CC[C@@H]1CCC[C@H](CO[Si](C)(C)C(C)(C)C)N1C(=O)OC(C)(C)C. The van der Waals surface area contributed by atoms with E-state index in [1.807, 2.05) is 25.7 Å². The van der Waals surface area contributed by atoms with Crippen LogP contribution in [0.1, 0.15) is 74.1 Å². The molecule has 0 aromatic heterocycles. The minimum Gasteiger partial charge on any atom is -0.444 e. The third kappa shape index (κ3) is 5.76. The Bertz CT molecular complexity index is 423. The monoisotopic (exact) mass is 357 g/mol. The van der Waals surface area contributed by atoms with Gasteiger partial charge in [-0.2, -0.15) is 0 Å². The van der Waals surface area contributed by atoms with E-state index in [4.69, 9.17) is 9.16 Å². The number of hydrogen-bond donors (Lipinski definition) is 0. The molecule has 5 heteroatoms. The molecule has 0 aromatic rings. The van der Waals surface area contributed by atoms with E-state index in [0.29, 0.717) is 6.61 Å². The van der Waals surface area contributed by atoms with E-state index in [1.165, 1.54) is 0 Å². The van der Waals surface area contributed by atoms with Crippen LogP contribution in [0.2, 0.25) is 18.1 Å². The first-order chi connectivity index (χ1) is 10.8. The molecule has 0 aromatic carbocycles. The van der Waals surface area contributed by atoms with Crippen LogP contribution < -0.4 is 0 Å². The van der Waals surface area contributed by atoms with Crippen molar-refractivity contribution in [3.8, 4) is 0 Å². The van der Waals surface area contributed by atoms with Crippen LogP contribution in [-0.4, -0.2) is 43.6 Å². The normalized spacial score (nSPS) is 23.3. The molecule has 1 saturated heterocycles. The van der Waals surface area contributed by atoms with Gasteiger partial charge in [0, 0.05) is 6.04 Å². The van der Waals surface area contributed by atoms with Crippen LogP contribution in [0.5, 0.6) is 0 Å². The second-order valence-electron chi connectivity index (χ2n) is 9.61. The van der Waals surface area contributed by atoms with Gasteiger partial charge in [0.1, 0.15) is 5.60 Å². The quantitative estimate of drug-likeness (QED) is 0.617. The van der Waals surface area contributed by atoms with Crippen molar-refractivity contribution in [2.75, 3.05) is 6.61 Å². The van der Waals surface area contributed by atoms with Crippen LogP contribution in [0, 0.1) is 0 Å². The molecule has 1 aliphatic rings. The number of rotatable bonds is 4. The van der Waals surface area contributed by atoms with Gasteiger partial charge in [-0.15, -0.1) is 0 Å². The summed E-state index contributed by atoms with van der Waals surface area (Å²) in [5, 5.41) is 0.183. The van der Waals surface area contributed by atoms with Crippen molar-refractivity contribution in [1.29, 1.82) is 0 Å². The highest BCUT2D eigenvalue weighted by atomic mass is 28.4. The highest BCUT2D eigenvalue weighted by Crippen LogP contribution is 2.37. The fourth-order valence-electron chi connectivity index (χ4n) is 2.86. The molecule has 1 aliphatic heterocycles. The number of hydrogen-bond acceptors (Lipinski definition) is 3. The largest absolute Gasteiger partial charge is 0.444 e. The molecule has 1 fully saturated rings. The number of carbonyl (C=O) groups excluding carboxylic acids is 1. The van der Waals surface area contributed by atoms with Gasteiger partial charge in [0.2, 0.25) is 0 Å². The molecular formula is C19H39NO3Si. The van der Waals surface area contributed by atoms with E-state index in [9.17, 15) is 4.79 Å². The molecule has 1 heterocycles. The number of likely N-dealkylation sites (tertiary alicyclic amines) is 1. The summed E-state index contributed by atoms with van der Waals surface area (Å²) in [5.74, 6) is 0. The second-order valence-corrected chi connectivity index (χ2v) is 14.4. The summed E-state index contributed by atoms with van der Waals surface area (Å²) in [4.78, 5) is 14.7.